The average Bonchev–Trinajstić information content (AvgIpc) is 2.76. The maximum absolute atomic E-state index is 12.4. The first-order chi connectivity index (χ1) is 8.82. The summed E-state index contributed by atoms with van der Waals surface area (Å²) in [6.07, 6.45) is 1.83. The Hall–Kier alpha value is -1.16. The lowest BCUT2D eigenvalue weighted by atomic mass is 9.65. The van der Waals surface area contributed by atoms with E-state index in [0.717, 1.165) is 12.8 Å². The average molecular weight is 264 g/mol. The number of Topliss-reactive ketones (excluding diaryl/α,β-unsaturated/α-hetero) is 1. The summed E-state index contributed by atoms with van der Waals surface area (Å²) in [6, 6.07) is 0. The molecule has 2 saturated carbocycles. The molecule has 0 bridgehead atoms. The van der Waals surface area contributed by atoms with Gasteiger partial charge in [0.25, 0.3) is 0 Å². The fraction of sp³-hybridized carbons (Fsp3) is 0.733. The summed E-state index contributed by atoms with van der Waals surface area (Å²) >= 11 is 0. The maximum Gasteiger partial charge on any atom is 0.334 e. The van der Waals surface area contributed by atoms with Gasteiger partial charge in [-0.2, -0.15) is 0 Å². The molecule has 5 atom stereocenters. The number of aliphatic hydroxyl groups is 1. The van der Waals surface area contributed by atoms with Gasteiger partial charge in [-0.15, -0.1) is 0 Å². The van der Waals surface area contributed by atoms with Crippen LogP contribution in [0.1, 0.15) is 39.5 Å². The molecule has 3 fully saturated rings. The third-order valence-corrected chi connectivity index (χ3v) is 5.82. The van der Waals surface area contributed by atoms with Gasteiger partial charge in [-0.3, -0.25) is 4.79 Å². The zero-order chi connectivity index (χ0) is 14.0. The zero-order valence-corrected chi connectivity index (χ0v) is 11.4. The van der Waals surface area contributed by atoms with Gasteiger partial charge in [0.1, 0.15) is 11.9 Å². The van der Waals surface area contributed by atoms with Gasteiger partial charge in [0, 0.05) is 17.9 Å². The van der Waals surface area contributed by atoms with Gasteiger partial charge in [-0.25, -0.2) is 4.79 Å². The zero-order valence-electron chi connectivity index (χ0n) is 11.4. The van der Waals surface area contributed by atoms with Crippen molar-refractivity contribution in [2.75, 3.05) is 0 Å². The van der Waals surface area contributed by atoms with Gasteiger partial charge < -0.3 is 9.84 Å². The maximum atomic E-state index is 12.4. The molecule has 0 amide bonds. The first kappa shape index (κ1) is 12.9. The largest absolute Gasteiger partial charge is 0.457 e. The number of esters is 1. The quantitative estimate of drug-likeness (QED) is 0.533. The molecule has 0 aromatic carbocycles. The predicted molar refractivity (Wildman–Crippen MR) is 68.2 cm³/mol. The molecule has 4 nitrogen and oxygen atoms in total. The highest BCUT2D eigenvalue weighted by molar-refractivity contribution is 5.94. The number of ketones is 1. The molecule has 1 aliphatic heterocycles. The van der Waals surface area contributed by atoms with Gasteiger partial charge in [0.15, 0.2) is 0 Å². The molecule has 0 aromatic rings. The number of rotatable bonds is 0. The molecule has 19 heavy (non-hydrogen) atoms. The minimum absolute atomic E-state index is 0.0150. The van der Waals surface area contributed by atoms with E-state index in [-0.39, 0.29) is 17.6 Å². The fourth-order valence-electron chi connectivity index (χ4n) is 4.35. The van der Waals surface area contributed by atoms with Crippen molar-refractivity contribution in [2.24, 2.45) is 17.3 Å². The lowest BCUT2D eigenvalue weighted by Crippen LogP contribution is -2.56. The number of hydrogen-bond donors (Lipinski definition) is 1. The van der Waals surface area contributed by atoms with Crippen LogP contribution in [0.2, 0.25) is 0 Å². The Morgan fingerprint density at radius 1 is 1.37 bits per heavy atom. The third-order valence-electron chi connectivity index (χ3n) is 5.82. The fourth-order valence-corrected chi connectivity index (χ4v) is 4.35. The molecule has 104 valence electrons. The van der Waals surface area contributed by atoms with Gasteiger partial charge >= 0.3 is 5.97 Å². The highest BCUT2D eigenvalue weighted by atomic mass is 16.6. The highest BCUT2D eigenvalue weighted by Crippen LogP contribution is 2.58. The number of carbonyl (C=O) groups is 2. The number of hydrogen-bond acceptors (Lipinski definition) is 4. The molecule has 0 radical (unpaired) electrons. The SMILES string of the molecule is C=C1C(=O)O[C@@H]2[C@@H]1CC[C@H](C)[C@]1(O)CCC(=O)[C@@]21C. The van der Waals surface area contributed by atoms with E-state index in [1.807, 2.05) is 6.92 Å². The van der Waals surface area contributed by atoms with E-state index in [2.05, 4.69) is 6.58 Å². The van der Waals surface area contributed by atoms with E-state index in [4.69, 9.17) is 4.74 Å². The van der Waals surface area contributed by atoms with E-state index < -0.39 is 23.1 Å². The number of carbonyl (C=O) groups excluding carboxylic acids is 2. The Morgan fingerprint density at radius 2 is 2.05 bits per heavy atom. The lowest BCUT2D eigenvalue weighted by molar-refractivity contribution is -0.171. The van der Waals surface area contributed by atoms with E-state index in [1.54, 1.807) is 6.92 Å². The van der Waals surface area contributed by atoms with Crippen LogP contribution in [0, 0.1) is 17.3 Å². The van der Waals surface area contributed by atoms with Crippen LogP contribution in [0.4, 0.5) is 0 Å². The lowest BCUT2D eigenvalue weighted by Gasteiger charge is -2.43. The monoisotopic (exact) mass is 264 g/mol. The van der Waals surface area contributed by atoms with Crippen molar-refractivity contribution in [3.05, 3.63) is 12.2 Å². The standard InChI is InChI=1S/C15H20O4/c1-8-4-5-10-9(2)13(17)19-12(10)14(3)11(16)6-7-15(8,14)18/h8,10,12,18H,2,4-7H2,1,3H3/t8-,10+,12+,14-,15+/m0/s1. The molecule has 4 heteroatoms. The van der Waals surface area contributed by atoms with Gasteiger partial charge in [-0.1, -0.05) is 13.5 Å². The van der Waals surface area contributed by atoms with Crippen molar-refractivity contribution >= 4 is 11.8 Å². The smallest absolute Gasteiger partial charge is 0.334 e. The Balaban J connectivity index is 2.14. The van der Waals surface area contributed by atoms with Crippen LogP contribution in [0.3, 0.4) is 0 Å². The van der Waals surface area contributed by atoms with E-state index in [0.29, 0.717) is 18.4 Å². The first-order valence-electron chi connectivity index (χ1n) is 6.98. The van der Waals surface area contributed by atoms with Crippen molar-refractivity contribution in [2.45, 2.75) is 51.2 Å². The second kappa shape index (κ2) is 3.69. The molecule has 0 aromatic heterocycles. The summed E-state index contributed by atoms with van der Waals surface area (Å²) in [5.74, 6) is -0.494. The van der Waals surface area contributed by atoms with Crippen LogP contribution < -0.4 is 0 Å². The highest BCUT2D eigenvalue weighted by Gasteiger charge is 2.68. The Kier molecular flexibility index (Phi) is 2.50. The van der Waals surface area contributed by atoms with Crippen molar-refractivity contribution in [1.29, 1.82) is 0 Å². The minimum Gasteiger partial charge on any atom is -0.457 e. The molecule has 0 spiro atoms. The number of fused-ring (bicyclic) bond motifs is 3. The first-order valence-corrected chi connectivity index (χ1v) is 6.98. The van der Waals surface area contributed by atoms with Crippen LogP contribution in [0.15, 0.2) is 12.2 Å². The summed E-state index contributed by atoms with van der Waals surface area (Å²) in [6.45, 7) is 7.57. The molecule has 1 saturated heterocycles. The molecule has 1 N–H and O–H groups in total. The summed E-state index contributed by atoms with van der Waals surface area (Å²) in [5, 5.41) is 11.1. The van der Waals surface area contributed by atoms with Gasteiger partial charge in [0.05, 0.1) is 11.0 Å². The molecular formula is C15H20O4. The van der Waals surface area contributed by atoms with Crippen LogP contribution >= 0.6 is 0 Å². The summed E-state index contributed by atoms with van der Waals surface area (Å²) in [7, 11) is 0. The van der Waals surface area contributed by atoms with Crippen LogP contribution in [-0.4, -0.2) is 28.6 Å². The minimum atomic E-state index is -1.06. The van der Waals surface area contributed by atoms with E-state index in [9.17, 15) is 14.7 Å². The van der Waals surface area contributed by atoms with Crippen LogP contribution in [-0.2, 0) is 14.3 Å². The van der Waals surface area contributed by atoms with Crippen molar-refractivity contribution in [3.63, 3.8) is 0 Å². The topological polar surface area (TPSA) is 63.6 Å². The normalized spacial score (nSPS) is 49.6. The number of ether oxygens (including phenoxy) is 1. The Morgan fingerprint density at radius 3 is 2.74 bits per heavy atom. The van der Waals surface area contributed by atoms with Gasteiger partial charge in [0.2, 0.25) is 0 Å². The third kappa shape index (κ3) is 1.33. The predicted octanol–water partition coefficient (Wildman–Crippen LogP) is 1.61. The van der Waals surface area contributed by atoms with Crippen molar-refractivity contribution < 1.29 is 19.4 Å². The molecule has 1 heterocycles. The van der Waals surface area contributed by atoms with E-state index >= 15 is 0 Å². The van der Waals surface area contributed by atoms with Crippen molar-refractivity contribution in [3.8, 4) is 0 Å². The van der Waals surface area contributed by atoms with E-state index in [1.165, 1.54) is 0 Å². The second-order valence-electron chi connectivity index (χ2n) is 6.49. The molecule has 3 rings (SSSR count). The van der Waals surface area contributed by atoms with Crippen LogP contribution in [0.5, 0.6) is 0 Å². The summed E-state index contributed by atoms with van der Waals surface area (Å²) in [5.41, 5.74) is -1.58. The summed E-state index contributed by atoms with van der Waals surface area (Å²) in [4.78, 5) is 24.2. The molecular weight excluding hydrogens is 244 g/mol. The van der Waals surface area contributed by atoms with Crippen molar-refractivity contribution in [1.82, 2.24) is 0 Å². The molecule has 3 aliphatic rings. The Bertz CT molecular complexity index is 483. The second-order valence-corrected chi connectivity index (χ2v) is 6.49. The summed E-state index contributed by atoms with van der Waals surface area (Å²) < 4.78 is 5.44. The van der Waals surface area contributed by atoms with Crippen LogP contribution in [0.25, 0.3) is 0 Å². The Labute approximate surface area is 112 Å². The molecule has 2 aliphatic carbocycles. The molecule has 0 unspecified atom stereocenters. The van der Waals surface area contributed by atoms with Gasteiger partial charge in [-0.05, 0) is 32.1 Å².